The highest BCUT2D eigenvalue weighted by atomic mass is 16.5. The van der Waals surface area contributed by atoms with Gasteiger partial charge in [0.1, 0.15) is 5.75 Å². The zero-order valence-corrected chi connectivity index (χ0v) is 15.0. The van der Waals surface area contributed by atoms with Gasteiger partial charge in [-0.1, -0.05) is 12.1 Å². The summed E-state index contributed by atoms with van der Waals surface area (Å²) in [6, 6.07) is 12.1. The van der Waals surface area contributed by atoms with Crippen LogP contribution in [0, 0.1) is 0 Å². The number of ether oxygens (including phenoxy) is 2. The van der Waals surface area contributed by atoms with Gasteiger partial charge in [-0.05, 0) is 43.2 Å². The maximum atomic E-state index is 12.7. The molecule has 25 heavy (non-hydrogen) atoms. The molecule has 3 rings (SSSR count). The smallest absolute Gasteiger partial charge is 0.223 e. The highest BCUT2D eigenvalue weighted by molar-refractivity contribution is 5.76. The van der Waals surface area contributed by atoms with E-state index in [2.05, 4.69) is 16.8 Å². The van der Waals surface area contributed by atoms with Crippen LogP contribution in [0.2, 0.25) is 0 Å². The largest absolute Gasteiger partial charge is 0.494 e. The first-order valence-corrected chi connectivity index (χ1v) is 8.86. The van der Waals surface area contributed by atoms with Gasteiger partial charge in [0, 0.05) is 32.0 Å². The summed E-state index contributed by atoms with van der Waals surface area (Å²) in [5.74, 6) is 1.04. The summed E-state index contributed by atoms with van der Waals surface area (Å²) in [4.78, 5) is 14.6. The van der Waals surface area contributed by atoms with E-state index in [0.29, 0.717) is 26.1 Å². The van der Waals surface area contributed by atoms with Crippen molar-refractivity contribution in [3.8, 4) is 5.75 Å². The molecule has 1 aliphatic rings. The molecule has 1 unspecified atom stereocenters. The number of carbonyl (C=O) groups is 1. The highest BCUT2D eigenvalue weighted by Crippen LogP contribution is 2.17. The molecule has 0 fully saturated rings. The Morgan fingerprint density at radius 3 is 2.72 bits per heavy atom. The number of rotatable bonds is 6. The topological polar surface area (TPSA) is 43.7 Å². The molecule has 1 aromatic heterocycles. The van der Waals surface area contributed by atoms with Gasteiger partial charge in [-0.3, -0.25) is 4.79 Å². The van der Waals surface area contributed by atoms with E-state index < -0.39 is 0 Å². The lowest BCUT2D eigenvalue weighted by Crippen LogP contribution is -2.37. The molecule has 2 heterocycles. The van der Waals surface area contributed by atoms with Crippen LogP contribution >= 0.6 is 0 Å². The summed E-state index contributed by atoms with van der Waals surface area (Å²) in [6.07, 6.45) is 3.32. The standard InChI is InChI=1S/C20H26N2O3/c1-3-25-18-9-6-16(7-10-18)8-11-20(23)22-13-17-5-4-12-21(17)14-19(15-22)24-2/h4-7,9-10,12,19H,3,8,11,13-15H2,1-2H3. The second-order valence-electron chi connectivity index (χ2n) is 6.36. The molecule has 0 saturated carbocycles. The van der Waals surface area contributed by atoms with Crippen LogP contribution in [0.25, 0.3) is 0 Å². The Hall–Kier alpha value is -2.27. The molecule has 5 heteroatoms. The molecule has 1 amide bonds. The quantitative estimate of drug-likeness (QED) is 0.811. The first kappa shape index (κ1) is 17.5. The van der Waals surface area contributed by atoms with Crippen molar-refractivity contribution in [2.24, 2.45) is 0 Å². The second kappa shape index (κ2) is 8.21. The zero-order chi connectivity index (χ0) is 17.6. The number of nitrogens with zero attached hydrogens (tertiary/aromatic N) is 2. The first-order chi connectivity index (χ1) is 12.2. The Bertz CT molecular complexity index is 693. The molecule has 0 N–H and O–H groups in total. The van der Waals surface area contributed by atoms with Crippen molar-refractivity contribution in [2.45, 2.75) is 39.0 Å². The molecule has 5 nitrogen and oxygen atoms in total. The van der Waals surface area contributed by atoms with Crippen LogP contribution in [0.5, 0.6) is 5.75 Å². The molecule has 0 aliphatic carbocycles. The van der Waals surface area contributed by atoms with Gasteiger partial charge in [0.15, 0.2) is 0 Å². The number of aromatic nitrogens is 1. The molecule has 1 atom stereocenters. The van der Waals surface area contributed by atoms with Gasteiger partial charge >= 0.3 is 0 Å². The van der Waals surface area contributed by atoms with E-state index in [-0.39, 0.29) is 12.0 Å². The van der Waals surface area contributed by atoms with Crippen LogP contribution in [0.1, 0.15) is 24.6 Å². The predicted octanol–water partition coefficient (Wildman–Crippen LogP) is 2.88. The van der Waals surface area contributed by atoms with Crippen molar-refractivity contribution >= 4 is 5.91 Å². The normalized spacial score (nSPS) is 17.0. The van der Waals surface area contributed by atoms with Crippen LogP contribution in [0.3, 0.4) is 0 Å². The van der Waals surface area contributed by atoms with Crippen LogP contribution in [-0.4, -0.2) is 41.7 Å². The van der Waals surface area contributed by atoms with E-state index in [1.165, 1.54) is 0 Å². The third-order valence-corrected chi connectivity index (χ3v) is 4.65. The lowest BCUT2D eigenvalue weighted by atomic mass is 10.1. The summed E-state index contributed by atoms with van der Waals surface area (Å²) in [5.41, 5.74) is 2.31. The van der Waals surface area contributed by atoms with Gasteiger partial charge in [0.2, 0.25) is 5.91 Å². The summed E-state index contributed by atoms with van der Waals surface area (Å²) >= 11 is 0. The van der Waals surface area contributed by atoms with Gasteiger partial charge in [-0.2, -0.15) is 0 Å². The van der Waals surface area contributed by atoms with Crippen molar-refractivity contribution in [2.75, 3.05) is 20.3 Å². The van der Waals surface area contributed by atoms with Crippen molar-refractivity contribution in [1.82, 2.24) is 9.47 Å². The fourth-order valence-electron chi connectivity index (χ4n) is 3.22. The number of hydrogen-bond donors (Lipinski definition) is 0. The third kappa shape index (κ3) is 4.42. The fraction of sp³-hybridized carbons (Fsp3) is 0.450. The SMILES string of the molecule is CCOc1ccc(CCC(=O)N2Cc3cccn3CC(OC)C2)cc1. The van der Waals surface area contributed by atoms with E-state index in [1.807, 2.05) is 42.2 Å². The van der Waals surface area contributed by atoms with Crippen molar-refractivity contribution in [1.29, 1.82) is 0 Å². The number of benzene rings is 1. The van der Waals surface area contributed by atoms with Crippen LogP contribution in [-0.2, 0) is 29.0 Å². The van der Waals surface area contributed by atoms with E-state index in [0.717, 1.165) is 30.0 Å². The molecule has 0 spiro atoms. The number of fused-ring (bicyclic) bond motifs is 1. The average Bonchev–Trinajstić information content (AvgIpc) is 2.98. The number of hydrogen-bond acceptors (Lipinski definition) is 3. The Labute approximate surface area is 149 Å². The second-order valence-corrected chi connectivity index (χ2v) is 6.36. The molecular formula is C20H26N2O3. The maximum Gasteiger partial charge on any atom is 0.223 e. The zero-order valence-electron chi connectivity index (χ0n) is 15.0. The van der Waals surface area contributed by atoms with Crippen molar-refractivity contribution < 1.29 is 14.3 Å². The van der Waals surface area contributed by atoms with Crippen molar-refractivity contribution in [3.63, 3.8) is 0 Å². The van der Waals surface area contributed by atoms with Gasteiger partial charge in [-0.25, -0.2) is 0 Å². The minimum Gasteiger partial charge on any atom is -0.494 e. The van der Waals surface area contributed by atoms with Gasteiger partial charge in [0.25, 0.3) is 0 Å². The Morgan fingerprint density at radius 1 is 1.20 bits per heavy atom. The Balaban J connectivity index is 1.60. The number of carbonyl (C=O) groups excluding carboxylic acids is 1. The molecule has 2 aromatic rings. The van der Waals surface area contributed by atoms with Crippen LogP contribution in [0.4, 0.5) is 0 Å². The Morgan fingerprint density at radius 2 is 2.00 bits per heavy atom. The van der Waals surface area contributed by atoms with E-state index in [9.17, 15) is 4.79 Å². The summed E-state index contributed by atoms with van der Waals surface area (Å²) in [7, 11) is 1.71. The van der Waals surface area contributed by atoms with Gasteiger partial charge < -0.3 is 18.9 Å². The van der Waals surface area contributed by atoms with Crippen molar-refractivity contribution in [3.05, 3.63) is 53.9 Å². The highest BCUT2D eigenvalue weighted by Gasteiger charge is 2.24. The number of aryl methyl sites for hydroxylation is 1. The third-order valence-electron chi connectivity index (χ3n) is 4.65. The number of methoxy groups -OCH3 is 1. The van der Waals surface area contributed by atoms with Gasteiger partial charge in [0.05, 0.1) is 25.8 Å². The molecule has 0 saturated heterocycles. The summed E-state index contributed by atoms with van der Waals surface area (Å²) < 4.78 is 13.2. The Kier molecular flexibility index (Phi) is 5.76. The fourth-order valence-corrected chi connectivity index (χ4v) is 3.22. The molecule has 0 radical (unpaired) electrons. The van der Waals surface area contributed by atoms with E-state index in [4.69, 9.17) is 9.47 Å². The molecule has 0 bridgehead atoms. The molecule has 134 valence electrons. The van der Waals surface area contributed by atoms with E-state index >= 15 is 0 Å². The molecular weight excluding hydrogens is 316 g/mol. The van der Waals surface area contributed by atoms with Crippen LogP contribution in [0.15, 0.2) is 42.6 Å². The minimum absolute atomic E-state index is 0.0306. The summed E-state index contributed by atoms with van der Waals surface area (Å²) in [6.45, 7) is 4.71. The lowest BCUT2D eigenvalue weighted by Gasteiger charge is -2.23. The maximum absolute atomic E-state index is 12.7. The number of amides is 1. The van der Waals surface area contributed by atoms with Crippen LogP contribution < -0.4 is 4.74 Å². The average molecular weight is 342 g/mol. The van der Waals surface area contributed by atoms with E-state index in [1.54, 1.807) is 7.11 Å². The molecule has 1 aromatic carbocycles. The van der Waals surface area contributed by atoms with Gasteiger partial charge in [-0.15, -0.1) is 0 Å². The monoisotopic (exact) mass is 342 g/mol. The predicted molar refractivity (Wildman–Crippen MR) is 96.6 cm³/mol. The summed E-state index contributed by atoms with van der Waals surface area (Å²) in [5, 5.41) is 0. The minimum atomic E-state index is 0.0306. The molecule has 1 aliphatic heterocycles. The first-order valence-electron chi connectivity index (χ1n) is 8.86. The lowest BCUT2D eigenvalue weighted by molar-refractivity contribution is -0.133.